The first kappa shape index (κ1) is 21.6. The van der Waals surface area contributed by atoms with Gasteiger partial charge in [0.05, 0.1) is 26.1 Å². The second-order valence-electron chi connectivity index (χ2n) is 8.56. The highest BCUT2D eigenvalue weighted by molar-refractivity contribution is 5.81. The van der Waals surface area contributed by atoms with Gasteiger partial charge in [0.15, 0.2) is 17.3 Å². The van der Waals surface area contributed by atoms with E-state index in [2.05, 4.69) is 29.1 Å². The molecule has 31 heavy (non-hydrogen) atoms. The van der Waals surface area contributed by atoms with Gasteiger partial charge in [-0.25, -0.2) is 9.98 Å². The van der Waals surface area contributed by atoms with Crippen LogP contribution in [0.5, 0.6) is 11.5 Å². The van der Waals surface area contributed by atoms with Gasteiger partial charge < -0.3 is 24.5 Å². The van der Waals surface area contributed by atoms with Gasteiger partial charge in [-0.05, 0) is 49.9 Å². The molecule has 0 saturated heterocycles. The molecule has 1 aromatic carbocycles. The molecule has 2 aromatic rings. The summed E-state index contributed by atoms with van der Waals surface area (Å²) in [6.07, 6.45) is 6.50. The summed E-state index contributed by atoms with van der Waals surface area (Å²) in [6.45, 7) is 7.19. The van der Waals surface area contributed by atoms with Crippen LogP contribution in [0.3, 0.4) is 0 Å². The summed E-state index contributed by atoms with van der Waals surface area (Å²) in [6, 6.07) is 6.00. The highest BCUT2D eigenvalue weighted by Crippen LogP contribution is 2.36. The molecule has 3 N–H and O–H groups in total. The SMILES string of the molecule is CCNC1(O)N=CN(Cc2ccc(OC)c(OC3CCCC3)c2)c2nc(C(C)C)[nH]c21. The summed E-state index contributed by atoms with van der Waals surface area (Å²) in [7, 11) is 1.67. The summed E-state index contributed by atoms with van der Waals surface area (Å²) in [4.78, 5) is 14.4. The van der Waals surface area contributed by atoms with Gasteiger partial charge in [-0.2, -0.15) is 0 Å². The monoisotopic (exact) mass is 427 g/mol. The number of nitrogens with zero attached hydrogens (tertiary/aromatic N) is 3. The quantitative estimate of drug-likeness (QED) is 0.557. The zero-order chi connectivity index (χ0) is 22.0. The first-order chi connectivity index (χ1) is 14.9. The van der Waals surface area contributed by atoms with Crippen molar-refractivity contribution in [3.05, 3.63) is 35.3 Å². The lowest BCUT2D eigenvalue weighted by molar-refractivity contribution is 0.00701. The molecule has 1 aliphatic carbocycles. The van der Waals surface area contributed by atoms with Crippen molar-refractivity contribution in [2.24, 2.45) is 4.99 Å². The fraction of sp³-hybridized carbons (Fsp3) is 0.565. The maximum Gasteiger partial charge on any atom is 0.261 e. The Hall–Kier alpha value is -2.58. The Morgan fingerprint density at radius 2 is 2.06 bits per heavy atom. The van der Waals surface area contributed by atoms with E-state index in [1.54, 1.807) is 13.4 Å². The number of nitrogens with one attached hydrogen (secondary N) is 2. The number of aliphatic hydroxyl groups is 1. The zero-order valence-electron chi connectivity index (χ0n) is 18.8. The zero-order valence-corrected chi connectivity index (χ0v) is 18.8. The van der Waals surface area contributed by atoms with Crippen LogP contribution in [-0.4, -0.2) is 41.2 Å². The average molecular weight is 428 g/mol. The van der Waals surface area contributed by atoms with E-state index < -0.39 is 5.85 Å². The molecule has 1 aliphatic heterocycles. The van der Waals surface area contributed by atoms with E-state index >= 15 is 0 Å². The van der Waals surface area contributed by atoms with Crippen molar-refractivity contribution in [1.29, 1.82) is 0 Å². The maximum atomic E-state index is 11.0. The van der Waals surface area contributed by atoms with Gasteiger partial charge in [0, 0.05) is 5.92 Å². The number of H-pyrrole nitrogens is 1. The number of fused-ring (bicyclic) bond motifs is 1. The molecule has 0 bridgehead atoms. The van der Waals surface area contributed by atoms with Gasteiger partial charge in [-0.15, -0.1) is 0 Å². The van der Waals surface area contributed by atoms with E-state index in [4.69, 9.17) is 14.5 Å². The van der Waals surface area contributed by atoms with Crippen LogP contribution < -0.4 is 19.7 Å². The summed E-state index contributed by atoms with van der Waals surface area (Å²) < 4.78 is 11.8. The third kappa shape index (κ3) is 4.41. The standard InChI is InChI=1S/C23H33N5O3/c1-5-24-23(29)20-22(27-21(26-20)15(2)3)28(14-25-23)13-16-10-11-18(30-4)19(12-16)31-17-8-6-7-9-17/h10-12,14-15,17,24,29H,5-9,13H2,1-4H3,(H,26,27). The second-order valence-corrected chi connectivity index (χ2v) is 8.56. The lowest BCUT2D eigenvalue weighted by Gasteiger charge is -2.31. The van der Waals surface area contributed by atoms with Gasteiger partial charge >= 0.3 is 0 Å². The molecule has 2 heterocycles. The highest BCUT2D eigenvalue weighted by Gasteiger charge is 2.38. The maximum absolute atomic E-state index is 11.0. The number of aromatic nitrogens is 2. The van der Waals surface area contributed by atoms with Crippen LogP contribution in [0, 0.1) is 0 Å². The predicted molar refractivity (Wildman–Crippen MR) is 121 cm³/mol. The summed E-state index contributed by atoms with van der Waals surface area (Å²) in [5.41, 5.74) is 1.62. The van der Waals surface area contributed by atoms with E-state index in [0.29, 0.717) is 24.6 Å². The molecule has 168 valence electrons. The minimum absolute atomic E-state index is 0.200. The van der Waals surface area contributed by atoms with Crippen molar-refractivity contribution >= 4 is 12.2 Å². The summed E-state index contributed by atoms with van der Waals surface area (Å²) in [5.74, 6) is 1.71. The smallest absolute Gasteiger partial charge is 0.261 e. The number of ether oxygens (including phenoxy) is 2. The Bertz CT molecular complexity index is 935. The van der Waals surface area contributed by atoms with Crippen molar-refractivity contribution in [1.82, 2.24) is 15.3 Å². The lowest BCUT2D eigenvalue weighted by Crippen LogP contribution is -2.45. The highest BCUT2D eigenvalue weighted by atomic mass is 16.5. The van der Waals surface area contributed by atoms with Crippen molar-refractivity contribution in [3.63, 3.8) is 0 Å². The molecule has 1 aromatic heterocycles. The molecular formula is C23H33N5O3. The summed E-state index contributed by atoms with van der Waals surface area (Å²) >= 11 is 0. The molecule has 8 heteroatoms. The van der Waals surface area contributed by atoms with Crippen molar-refractivity contribution < 1.29 is 14.6 Å². The van der Waals surface area contributed by atoms with Crippen LogP contribution in [0.4, 0.5) is 5.82 Å². The Morgan fingerprint density at radius 3 is 2.74 bits per heavy atom. The van der Waals surface area contributed by atoms with Crippen LogP contribution in [0.25, 0.3) is 0 Å². The molecule has 4 rings (SSSR count). The van der Waals surface area contributed by atoms with Crippen molar-refractivity contribution in [2.45, 2.75) is 70.9 Å². The van der Waals surface area contributed by atoms with Gasteiger partial charge in [-0.3, -0.25) is 5.32 Å². The fourth-order valence-corrected chi connectivity index (χ4v) is 4.17. The Morgan fingerprint density at radius 1 is 1.29 bits per heavy atom. The molecule has 0 amide bonds. The summed E-state index contributed by atoms with van der Waals surface area (Å²) in [5, 5.41) is 14.1. The molecule has 0 radical (unpaired) electrons. The number of methoxy groups -OCH3 is 1. The Balaban J connectivity index is 1.62. The van der Waals surface area contributed by atoms with E-state index in [1.165, 1.54) is 12.8 Å². The number of imidazole rings is 1. The third-order valence-corrected chi connectivity index (χ3v) is 5.85. The number of aromatic amines is 1. The number of benzene rings is 1. The van der Waals surface area contributed by atoms with Gasteiger partial charge in [0.2, 0.25) is 0 Å². The van der Waals surface area contributed by atoms with E-state index in [9.17, 15) is 5.11 Å². The number of aliphatic imine (C=N–C) groups is 1. The number of hydrogen-bond acceptors (Lipinski definition) is 7. The number of hydrogen-bond donors (Lipinski definition) is 3. The fourth-order valence-electron chi connectivity index (χ4n) is 4.17. The lowest BCUT2D eigenvalue weighted by atomic mass is 10.1. The molecule has 1 saturated carbocycles. The van der Waals surface area contributed by atoms with Gasteiger partial charge in [0.25, 0.3) is 5.85 Å². The number of anilines is 1. The molecular weight excluding hydrogens is 394 g/mol. The molecule has 1 unspecified atom stereocenters. The van der Waals surface area contributed by atoms with Crippen molar-refractivity contribution in [2.75, 3.05) is 18.6 Å². The molecule has 8 nitrogen and oxygen atoms in total. The average Bonchev–Trinajstić information content (AvgIpc) is 3.42. The van der Waals surface area contributed by atoms with Crippen molar-refractivity contribution in [3.8, 4) is 11.5 Å². The van der Waals surface area contributed by atoms with Gasteiger partial charge in [0.1, 0.15) is 11.5 Å². The number of rotatable bonds is 8. The predicted octanol–water partition coefficient (Wildman–Crippen LogP) is 3.62. The van der Waals surface area contributed by atoms with E-state index in [-0.39, 0.29) is 12.0 Å². The van der Waals surface area contributed by atoms with Crippen LogP contribution in [0.15, 0.2) is 23.2 Å². The molecule has 1 atom stereocenters. The molecule has 0 spiro atoms. The van der Waals surface area contributed by atoms with Crippen LogP contribution in [-0.2, 0) is 12.4 Å². The topological polar surface area (TPSA) is 95.0 Å². The Labute approximate surface area is 183 Å². The normalized spacial score (nSPS) is 21.0. The largest absolute Gasteiger partial charge is 0.493 e. The third-order valence-electron chi connectivity index (χ3n) is 5.85. The Kier molecular flexibility index (Phi) is 6.20. The van der Waals surface area contributed by atoms with E-state index in [0.717, 1.165) is 35.7 Å². The second kappa shape index (κ2) is 8.88. The van der Waals surface area contributed by atoms with Crippen LogP contribution in [0.1, 0.15) is 69.5 Å². The van der Waals surface area contributed by atoms with Crippen LogP contribution >= 0.6 is 0 Å². The van der Waals surface area contributed by atoms with E-state index in [1.807, 2.05) is 30.0 Å². The van der Waals surface area contributed by atoms with Gasteiger partial charge in [-0.1, -0.05) is 26.8 Å². The molecule has 1 fully saturated rings. The first-order valence-electron chi connectivity index (χ1n) is 11.2. The minimum Gasteiger partial charge on any atom is -0.493 e. The molecule has 2 aliphatic rings. The van der Waals surface area contributed by atoms with Crippen LogP contribution in [0.2, 0.25) is 0 Å². The first-order valence-corrected chi connectivity index (χ1v) is 11.2. The minimum atomic E-state index is -1.50.